The molecule has 0 aliphatic heterocycles. The van der Waals surface area contributed by atoms with Crippen LogP contribution in [0.1, 0.15) is 13.8 Å². The minimum atomic E-state index is -3.81. The summed E-state index contributed by atoms with van der Waals surface area (Å²) in [5, 5.41) is -0.0787. The summed E-state index contributed by atoms with van der Waals surface area (Å²) in [5.41, 5.74) is 0. The number of hydrogen-bond acceptors (Lipinski definition) is 3. The molecule has 3 nitrogen and oxygen atoms in total. The maximum absolute atomic E-state index is 9.96. The topological polar surface area (TPSA) is 54.4 Å². The molecule has 0 amide bonds. The van der Waals surface area contributed by atoms with Crippen LogP contribution in [0.4, 0.5) is 0 Å². The second kappa shape index (κ2) is 2.70. The zero-order valence-corrected chi connectivity index (χ0v) is 6.29. The highest BCUT2D eigenvalue weighted by Crippen LogP contribution is 2.15. The van der Waals surface area contributed by atoms with Crippen LogP contribution in [0.15, 0.2) is 0 Å². The molecule has 8 heavy (non-hydrogen) atoms. The smallest absolute Gasteiger partial charge is 0.277 e. The number of rotatable bonds is 2. The van der Waals surface area contributed by atoms with Crippen molar-refractivity contribution in [1.29, 1.82) is 0 Å². The molecule has 0 atom stereocenters. The lowest BCUT2D eigenvalue weighted by Gasteiger charge is -1.96. The molecule has 0 aromatic carbocycles. The van der Waals surface area contributed by atoms with E-state index >= 15 is 0 Å². The summed E-state index contributed by atoms with van der Waals surface area (Å²) in [6, 6.07) is 0. The van der Waals surface area contributed by atoms with Crippen molar-refractivity contribution in [1.82, 2.24) is 0 Å². The zero-order valence-electron chi connectivity index (χ0n) is 4.66. The highest BCUT2D eigenvalue weighted by atomic mass is 33.1. The molecule has 0 aliphatic carbocycles. The Bertz CT molecular complexity index is 146. The maximum Gasteiger partial charge on any atom is 0.319 e. The van der Waals surface area contributed by atoms with Crippen LogP contribution in [-0.2, 0) is 9.15 Å². The van der Waals surface area contributed by atoms with E-state index in [2.05, 4.69) is 0 Å². The Morgan fingerprint density at radius 2 is 1.88 bits per heavy atom. The fourth-order valence-corrected chi connectivity index (χ4v) is 2.19. The third kappa shape index (κ3) is 6.26. The molecule has 0 aromatic rings. The normalized spacial score (nSPS) is 12.5. The lowest BCUT2D eigenvalue weighted by atomic mass is 10.6. The molecule has 0 aromatic heterocycles. The van der Waals surface area contributed by atoms with Gasteiger partial charge in [0.2, 0.25) is 0 Å². The van der Waals surface area contributed by atoms with E-state index in [-0.39, 0.29) is 5.25 Å². The van der Waals surface area contributed by atoms with E-state index in [1.54, 1.807) is 13.8 Å². The standard InChI is InChI=1S/C3H8O3S2/c1-3(2)7-8(4,5)6/h3H,1-2H3,(H,4,5,6). The third-order valence-corrected chi connectivity index (χ3v) is 2.83. The van der Waals surface area contributed by atoms with Gasteiger partial charge in [0, 0.05) is 5.25 Å². The van der Waals surface area contributed by atoms with Gasteiger partial charge in [-0.05, 0) is 10.8 Å². The summed E-state index contributed by atoms with van der Waals surface area (Å²) in [4.78, 5) is 0. The molecule has 50 valence electrons. The quantitative estimate of drug-likeness (QED) is 0.477. The van der Waals surface area contributed by atoms with E-state index in [0.29, 0.717) is 10.8 Å². The molecule has 0 aliphatic rings. The van der Waals surface area contributed by atoms with Gasteiger partial charge in [-0.25, -0.2) is 0 Å². The molecule has 0 unspecified atom stereocenters. The SMILES string of the molecule is CC(C)SS(=O)(=O)O. The molecule has 0 spiro atoms. The summed E-state index contributed by atoms with van der Waals surface area (Å²) in [6.07, 6.45) is 0. The van der Waals surface area contributed by atoms with E-state index in [9.17, 15) is 8.42 Å². The molecule has 0 saturated heterocycles. The Kier molecular flexibility index (Phi) is 2.79. The monoisotopic (exact) mass is 156 g/mol. The summed E-state index contributed by atoms with van der Waals surface area (Å²) in [6.45, 7) is 3.39. The fourth-order valence-electron chi connectivity index (χ4n) is 0.243. The first-order valence-electron chi connectivity index (χ1n) is 2.07. The van der Waals surface area contributed by atoms with Crippen LogP contribution in [0.3, 0.4) is 0 Å². The van der Waals surface area contributed by atoms with Gasteiger partial charge >= 0.3 is 9.15 Å². The first-order chi connectivity index (χ1) is 3.42. The van der Waals surface area contributed by atoms with Crippen molar-refractivity contribution in [2.24, 2.45) is 0 Å². The molecular formula is C3H8O3S2. The van der Waals surface area contributed by atoms with Crippen LogP contribution in [0.2, 0.25) is 0 Å². The minimum absolute atomic E-state index is 0.0787. The van der Waals surface area contributed by atoms with Crippen molar-refractivity contribution < 1.29 is 13.0 Å². The first kappa shape index (κ1) is 8.26. The van der Waals surface area contributed by atoms with Gasteiger partial charge in [-0.15, -0.1) is 0 Å². The van der Waals surface area contributed by atoms with Gasteiger partial charge in [0.25, 0.3) is 0 Å². The predicted molar refractivity (Wildman–Crippen MR) is 34.3 cm³/mol. The molecule has 0 bridgehead atoms. The van der Waals surface area contributed by atoms with E-state index in [0.717, 1.165) is 0 Å². The van der Waals surface area contributed by atoms with Crippen LogP contribution >= 0.6 is 10.8 Å². The van der Waals surface area contributed by atoms with Crippen molar-refractivity contribution in [3.8, 4) is 0 Å². The summed E-state index contributed by atoms with van der Waals surface area (Å²) in [7, 11) is -3.27. The van der Waals surface area contributed by atoms with Gasteiger partial charge in [0.05, 0.1) is 0 Å². The highest BCUT2D eigenvalue weighted by molar-refractivity contribution is 8.70. The predicted octanol–water partition coefficient (Wildman–Crippen LogP) is 0.931. The molecular weight excluding hydrogens is 148 g/mol. The maximum atomic E-state index is 9.96. The molecule has 0 fully saturated rings. The van der Waals surface area contributed by atoms with Gasteiger partial charge in [-0.2, -0.15) is 8.42 Å². The Morgan fingerprint density at radius 1 is 1.50 bits per heavy atom. The van der Waals surface area contributed by atoms with Crippen molar-refractivity contribution >= 4 is 19.9 Å². The van der Waals surface area contributed by atoms with Gasteiger partial charge in [-0.1, -0.05) is 13.8 Å². The Balaban J connectivity index is 3.75. The van der Waals surface area contributed by atoms with Gasteiger partial charge in [0.15, 0.2) is 0 Å². The summed E-state index contributed by atoms with van der Waals surface area (Å²) >= 11 is 0. The van der Waals surface area contributed by atoms with Crippen LogP contribution < -0.4 is 0 Å². The van der Waals surface area contributed by atoms with E-state index < -0.39 is 9.15 Å². The molecule has 5 heteroatoms. The van der Waals surface area contributed by atoms with Crippen molar-refractivity contribution in [3.05, 3.63) is 0 Å². The lowest BCUT2D eigenvalue weighted by molar-refractivity contribution is 0.503. The fraction of sp³-hybridized carbons (Fsp3) is 1.00. The number of hydrogen-bond donors (Lipinski definition) is 1. The van der Waals surface area contributed by atoms with Gasteiger partial charge < -0.3 is 0 Å². The van der Waals surface area contributed by atoms with Gasteiger partial charge in [0.1, 0.15) is 0 Å². The highest BCUT2D eigenvalue weighted by Gasteiger charge is 2.06. The van der Waals surface area contributed by atoms with Gasteiger partial charge in [-0.3, -0.25) is 4.55 Å². The minimum Gasteiger partial charge on any atom is -0.277 e. The average molecular weight is 156 g/mol. The van der Waals surface area contributed by atoms with Crippen molar-refractivity contribution in [2.75, 3.05) is 0 Å². The van der Waals surface area contributed by atoms with E-state index in [1.807, 2.05) is 0 Å². The molecule has 1 N–H and O–H groups in total. The Hall–Kier alpha value is 0.260. The first-order valence-corrected chi connectivity index (χ1v) is 4.91. The van der Waals surface area contributed by atoms with Crippen molar-refractivity contribution in [2.45, 2.75) is 19.1 Å². The molecule has 0 heterocycles. The zero-order chi connectivity index (χ0) is 6.78. The van der Waals surface area contributed by atoms with Crippen LogP contribution in [0.5, 0.6) is 0 Å². The molecule has 0 rings (SSSR count). The lowest BCUT2D eigenvalue weighted by Crippen LogP contribution is -1.96. The Morgan fingerprint density at radius 3 is 1.88 bits per heavy atom. The molecule has 0 saturated carbocycles. The van der Waals surface area contributed by atoms with Crippen LogP contribution in [-0.4, -0.2) is 18.2 Å². The second-order valence-electron chi connectivity index (χ2n) is 1.57. The van der Waals surface area contributed by atoms with E-state index in [4.69, 9.17) is 4.55 Å². The van der Waals surface area contributed by atoms with Crippen molar-refractivity contribution in [3.63, 3.8) is 0 Å². The summed E-state index contributed by atoms with van der Waals surface area (Å²) < 4.78 is 28.0. The summed E-state index contributed by atoms with van der Waals surface area (Å²) in [5.74, 6) is 0. The Labute approximate surface area is 52.6 Å². The largest absolute Gasteiger partial charge is 0.319 e. The van der Waals surface area contributed by atoms with Crippen LogP contribution in [0, 0.1) is 0 Å². The van der Waals surface area contributed by atoms with Crippen LogP contribution in [0.25, 0.3) is 0 Å². The third-order valence-electron chi connectivity index (χ3n) is 0.314. The molecule has 0 radical (unpaired) electrons. The second-order valence-corrected chi connectivity index (χ2v) is 5.40. The van der Waals surface area contributed by atoms with E-state index in [1.165, 1.54) is 0 Å². The average Bonchev–Trinajstić information content (AvgIpc) is 1.21.